The fraction of sp³-hybridized carbons (Fsp3) is 0.286. The van der Waals surface area contributed by atoms with E-state index in [1.165, 1.54) is 4.70 Å². The van der Waals surface area contributed by atoms with E-state index in [2.05, 4.69) is 27.6 Å². The highest BCUT2D eigenvalue weighted by atomic mass is 32.1. The van der Waals surface area contributed by atoms with Gasteiger partial charge in [-0.05, 0) is 30.3 Å². The van der Waals surface area contributed by atoms with Gasteiger partial charge in [-0.15, -0.1) is 0 Å². The van der Waals surface area contributed by atoms with Gasteiger partial charge in [0.05, 0.1) is 29.1 Å². The second-order valence-corrected chi connectivity index (χ2v) is 7.94. The van der Waals surface area contributed by atoms with Gasteiger partial charge in [0.15, 0.2) is 4.96 Å². The number of fused-ring (bicyclic) bond motifs is 3. The van der Waals surface area contributed by atoms with Crippen LogP contribution in [0.3, 0.4) is 0 Å². The van der Waals surface area contributed by atoms with Gasteiger partial charge in [-0.1, -0.05) is 23.5 Å². The number of morpholine rings is 1. The predicted molar refractivity (Wildman–Crippen MR) is 113 cm³/mol. The number of ether oxygens (including phenoxy) is 2. The van der Waals surface area contributed by atoms with Crippen molar-refractivity contribution >= 4 is 32.2 Å². The minimum Gasteiger partial charge on any atom is -0.492 e. The first kappa shape index (κ1) is 17.5. The molecule has 28 heavy (non-hydrogen) atoms. The quantitative estimate of drug-likeness (QED) is 0.525. The lowest BCUT2D eigenvalue weighted by Gasteiger charge is -2.26. The third kappa shape index (κ3) is 3.44. The van der Waals surface area contributed by atoms with Crippen molar-refractivity contribution < 1.29 is 9.47 Å². The minimum atomic E-state index is 0.690. The van der Waals surface area contributed by atoms with E-state index < -0.39 is 0 Å². The summed E-state index contributed by atoms with van der Waals surface area (Å²) >= 11 is 1.68. The molecule has 0 spiro atoms. The van der Waals surface area contributed by atoms with Gasteiger partial charge in [0.1, 0.15) is 12.4 Å². The molecule has 2 aromatic heterocycles. The Morgan fingerprint density at radius 2 is 1.93 bits per heavy atom. The van der Waals surface area contributed by atoms with Gasteiger partial charge < -0.3 is 15.2 Å². The monoisotopic (exact) mass is 394 g/mol. The van der Waals surface area contributed by atoms with Crippen molar-refractivity contribution in [3.05, 3.63) is 48.7 Å². The second kappa shape index (κ2) is 7.43. The lowest BCUT2D eigenvalue weighted by atomic mass is 10.1. The van der Waals surface area contributed by atoms with Gasteiger partial charge in [-0.2, -0.15) is 0 Å². The molecular formula is C21H22N4O2S. The average Bonchev–Trinajstić information content (AvgIpc) is 3.27. The van der Waals surface area contributed by atoms with Gasteiger partial charge in [0.2, 0.25) is 0 Å². The summed E-state index contributed by atoms with van der Waals surface area (Å²) in [6, 6.07) is 14.1. The van der Waals surface area contributed by atoms with Crippen molar-refractivity contribution in [3.8, 4) is 17.0 Å². The summed E-state index contributed by atoms with van der Waals surface area (Å²) in [6.07, 6.45) is 2.08. The number of rotatable bonds is 5. The summed E-state index contributed by atoms with van der Waals surface area (Å²) in [7, 11) is 0. The predicted octanol–water partition coefficient (Wildman–Crippen LogP) is 3.51. The van der Waals surface area contributed by atoms with Crippen molar-refractivity contribution in [2.45, 2.75) is 0 Å². The van der Waals surface area contributed by atoms with Crippen molar-refractivity contribution in [2.75, 3.05) is 45.2 Å². The van der Waals surface area contributed by atoms with Crippen LogP contribution in [-0.2, 0) is 4.74 Å². The molecule has 0 bridgehead atoms. The van der Waals surface area contributed by atoms with Gasteiger partial charge in [0.25, 0.3) is 0 Å². The number of aromatic nitrogens is 2. The average molecular weight is 395 g/mol. The van der Waals surface area contributed by atoms with Crippen molar-refractivity contribution in [3.63, 3.8) is 0 Å². The van der Waals surface area contributed by atoms with Crippen LogP contribution in [0.25, 0.3) is 26.4 Å². The zero-order chi connectivity index (χ0) is 18.9. The van der Waals surface area contributed by atoms with Gasteiger partial charge in [-0.3, -0.25) is 9.30 Å². The molecule has 5 rings (SSSR count). The first-order valence-electron chi connectivity index (χ1n) is 9.47. The lowest BCUT2D eigenvalue weighted by Crippen LogP contribution is -2.38. The van der Waals surface area contributed by atoms with E-state index in [1.54, 1.807) is 11.3 Å². The zero-order valence-electron chi connectivity index (χ0n) is 15.5. The molecule has 0 unspecified atom stereocenters. The van der Waals surface area contributed by atoms with Gasteiger partial charge in [-0.25, -0.2) is 4.98 Å². The Labute approximate surface area is 167 Å². The highest BCUT2D eigenvalue weighted by Crippen LogP contribution is 2.32. The summed E-state index contributed by atoms with van der Waals surface area (Å²) in [5.74, 6) is 0.907. The number of hydrogen-bond donors (Lipinski definition) is 1. The summed E-state index contributed by atoms with van der Waals surface area (Å²) in [5.41, 5.74) is 9.72. The van der Waals surface area contributed by atoms with Crippen LogP contribution in [0, 0.1) is 0 Å². The molecule has 0 radical (unpaired) electrons. The fourth-order valence-electron chi connectivity index (χ4n) is 3.48. The highest BCUT2D eigenvalue weighted by Gasteiger charge is 2.12. The molecule has 2 N–H and O–H groups in total. The number of anilines is 1. The number of nitrogen functional groups attached to an aromatic ring is 1. The van der Waals surface area contributed by atoms with E-state index in [4.69, 9.17) is 20.2 Å². The van der Waals surface area contributed by atoms with E-state index >= 15 is 0 Å². The van der Waals surface area contributed by atoms with E-state index in [0.717, 1.165) is 66.0 Å². The molecule has 7 heteroatoms. The molecule has 144 valence electrons. The molecule has 1 fully saturated rings. The van der Waals surface area contributed by atoms with Crippen LogP contribution in [0.2, 0.25) is 0 Å². The van der Waals surface area contributed by atoms with Crippen LogP contribution in [0.15, 0.2) is 48.7 Å². The third-order valence-corrected chi connectivity index (χ3v) is 6.07. The van der Waals surface area contributed by atoms with E-state index in [1.807, 2.05) is 30.3 Å². The number of thiazole rings is 1. The Balaban J connectivity index is 1.33. The molecule has 0 aliphatic carbocycles. The molecule has 0 saturated carbocycles. The third-order valence-electron chi connectivity index (χ3n) is 5.05. The minimum absolute atomic E-state index is 0.690. The van der Waals surface area contributed by atoms with E-state index in [-0.39, 0.29) is 0 Å². The normalized spacial score (nSPS) is 15.4. The smallest absolute Gasteiger partial charge is 0.195 e. The molecular weight excluding hydrogens is 372 g/mol. The number of benzene rings is 2. The van der Waals surface area contributed by atoms with Crippen LogP contribution in [-0.4, -0.2) is 53.7 Å². The highest BCUT2D eigenvalue weighted by molar-refractivity contribution is 7.23. The number of hydrogen-bond acceptors (Lipinski definition) is 6. The van der Waals surface area contributed by atoms with Crippen LogP contribution < -0.4 is 10.5 Å². The second-order valence-electron chi connectivity index (χ2n) is 6.93. The zero-order valence-corrected chi connectivity index (χ0v) is 16.3. The Bertz CT molecular complexity index is 1100. The Hall–Kier alpha value is -2.61. The Morgan fingerprint density at radius 1 is 1.11 bits per heavy atom. The topological polar surface area (TPSA) is 65.0 Å². The van der Waals surface area contributed by atoms with Gasteiger partial charge in [0, 0.05) is 37.1 Å². The molecule has 1 saturated heterocycles. The fourth-order valence-corrected chi connectivity index (χ4v) is 4.52. The molecule has 2 aromatic carbocycles. The summed E-state index contributed by atoms with van der Waals surface area (Å²) in [4.78, 5) is 8.14. The molecule has 0 amide bonds. The maximum atomic E-state index is 5.98. The van der Waals surface area contributed by atoms with Crippen LogP contribution in [0.4, 0.5) is 5.69 Å². The largest absolute Gasteiger partial charge is 0.492 e. The molecule has 1 aliphatic rings. The van der Waals surface area contributed by atoms with Crippen molar-refractivity contribution in [2.24, 2.45) is 0 Å². The number of nitrogens with two attached hydrogens (primary N) is 1. The first-order chi connectivity index (χ1) is 13.8. The summed E-state index contributed by atoms with van der Waals surface area (Å²) in [5, 5.41) is 0. The Kier molecular flexibility index (Phi) is 4.64. The molecule has 0 atom stereocenters. The lowest BCUT2D eigenvalue weighted by molar-refractivity contribution is 0.0322. The molecule has 3 heterocycles. The SMILES string of the molecule is Nc1ccc(-c2cn3c(n2)sc2cc(OCCN4CCOCC4)ccc23)cc1. The molecule has 1 aliphatic heterocycles. The Morgan fingerprint density at radius 3 is 2.75 bits per heavy atom. The van der Waals surface area contributed by atoms with Gasteiger partial charge >= 0.3 is 0 Å². The van der Waals surface area contributed by atoms with Crippen LogP contribution in [0.5, 0.6) is 5.75 Å². The van der Waals surface area contributed by atoms with Crippen LogP contribution >= 0.6 is 11.3 Å². The van der Waals surface area contributed by atoms with E-state index in [9.17, 15) is 0 Å². The van der Waals surface area contributed by atoms with Crippen molar-refractivity contribution in [1.29, 1.82) is 0 Å². The molecule has 4 aromatic rings. The van der Waals surface area contributed by atoms with Crippen LogP contribution in [0.1, 0.15) is 0 Å². The maximum Gasteiger partial charge on any atom is 0.195 e. The standard InChI is InChI=1S/C21H22N4O2S/c22-16-3-1-15(2-4-16)18-14-25-19-6-5-17(13-20(19)28-21(25)23-18)27-12-9-24-7-10-26-11-8-24/h1-6,13-14H,7-12,22H2. The first-order valence-corrected chi connectivity index (χ1v) is 10.3. The molecule has 6 nitrogen and oxygen atoms in total. The number of imidazole rings is 1. The maximum absolute atomic E-state index is 5.98. The summed E-state index contributed by atoms with van der Waals surface area (Å²) < 4.78 is 14.7. The van der Waals surface area contributed by atoms with E-state index in [0.29, 0.717) is 6.61 Å². The summed E-state index contributed by atoms with van der Waals surface area (Å²) in [6.45, 7) is 5.23. The van der Waals surface area contributed by atoms with Crippen molar-refractivity contribution in [1.82, 2.24) is 14.3 Å². The number of nitrogens with zero attached hydrogens (tertiary/aromatic N) is 3.